The molecular formula is C17H16F2N2O3. The molecule has 0 aliphatic carbocycles. The zero-order chi connectivity index (χ0) is 17.7. The van der Waals surface area contributed by atoms with Gasteiger partial charge in [0.15, 0.2) is 18.2 Å². The Morgan fingerprint density at radius 3 is 2.38 bits per heavy atom. The van der Waals surface area contributed by atoms with E-state index in [2.05, 4.69) is 10.6 Å². The zero-order valence-electron chi connectivity index (χ0n) is 13.2. The maximum absolute atomic E-state index is 13.4. The van der Waals surface area contributed by atoms with Crippen molar-refractivity contribution in [2.75, 3.05) is 17.2 Å². The first-order valence-electron chi connectivity index (χ1n) is 7.11. The fourth-order valence-corrected chi connectivity index (χ4v) is 2.02. The molecule has 2 amide bonds. The van der Waals surface area contributed by atoms with E-state index in [-0.39, 0.29) is 11.7 Å². The van der Waals surface area contributed by atoms with Crippen molar-refractivity contribution in [1.29, 1.82) is 0 Å². The average Bonchev–Trinajstić information content (AvgIpc) is 2.50. The van der Waals surface area contributed by atoms with Crippen LogP contribution in [-0.2, 0) is 9.59 Å². The van der Waals surface area contributed by atoms with Gasteiger partial charge in [0.1, 0.15) is 5.82 Å². The Hall–Kier alpha value is -2.96. The highest BCUT2D eigenvalue weighted by molar-refractivity contribution is 5.95. The smallest absolute Gasteiger partial charge is 0.262 e. The van der Waals surface area contributed by atoms with Crippen molar-refractivity contribution >= 4 is 23.2 Å². The van der Waals surface area contributed by atoms with Crippen LogP contribution in [-0.4, -0.2) is 18.4 Å². The number of hydrogen-bond acceptors (Lipinski definition) is 3. The predicted molar refractivity (Wildman–Crippen MR) is 86.0 cm³/mol. The van der Waals surface area contributed by atoms with Crippen LogP contribution in [0.3, 0.4) is 0 Å². The van der Waals surface area contributed by atoms with Gasteiger partial charge in [0.2, 0.25) is 5.91 Å². The Bertz CT molecular complexity index is 778. The Morgan fingerprint density at radius 1 is 1.08 bits per heavy atom. The summed E-state index contributed by atoms with van der Waals surface area (Å²) in [5.74, 6) is -2.56. The molecule has 2 aromatic rings. The van der Waals surface area contributed by atoms with Crippen LogP contribution in [0.5, 0.6) is 5.75 Å². The van der Waals surface area contributed by atoms with E-state index in [4.69, 9.17) is 4.74 Å². The summed E-state index contributed by atoms with van der Waals surface area (Å²) in [7, 11) is 0. The minimum atomic E-state index is -0.883. The lowest BCUT2D eigenvalue weighted by atomic mass is 10.1. The third-order valence-corrected chi connectivity index (χ3v) is 3.17. The number of nitrogens with one attached hydrogen (secondary N) is 2. The van der Waals surface area contributed by atoms with Crippen LogP contribution in [0.2, 0.25) is 0 Å². The number of halogens is 2. The summed E-state index contributed by atoms with van der Waals surface area (Å²) in [5, 5.41) is 5.26. The average molecular weight is 334 g/mol. The zero-order valence-corrected chi connectivity index (χ0v) is 13.2. The van der Waals surface area contributed by atoms with Crippen molar-refractivity contribution in [1.82, 2.24) is 0 Å². The van der Waals surface area contributed by atoms with Crippen molar-refractivity contribution in [3.05, 3.63) is 53.6 Å². The highest BCUT2D eigenvalue weighted by atomic mass is 19.1. The first kappa shape index (κ1) is 17.4. The molecule has 0 spiro atoms. The number of anilines is 2. The topological polar surface area (TPSA) is 67.4 Å². The van der Waals surface area contributed by atoms with Crippen LogP contribution in [0.4, 0.5) is 20.2 Å². The van der Waals surface area contributed by atoms with Gasteiger partial charge in [-0.2, -0.15) is 0 Å². The molecule has 7 heteroatoms. The second-order valence-corrected chi connectivity index (χ2v) is 5.07. The van der Waals surface area contributed by atoms with Crippen molar-refractivity contribution in [2.24, 2.45) is 0 Å². The summed E-state index contributed by atoms with van der Waals surface area (Å²) in [4.78, 5) is 23.1. The summed E-state index contributed by atoms with van der Waals surface area (Å²) in [6, 6.07) is 7.87. The molecule has 2 N–H and O–H groups in total. The number of ether oxygens (including phenoxy) is 1. The van der Waals surface area contributed by atoms with Crippen LogP contribution >= 0.6 is 0 Å². The van der Waals surface area contributed by atoms with E-state index in [1.165, 1.54) is 6.92 Å². The molecule has 2 aromatic carbocycles. The summed E-state index contributed by atoms with van der Waals surface area (Å²) in [5.41, 5.74) is 1.74. The number of amides is 2. The quantitative estimate of drug-likeness (QED) is 0.882. The van der Waals surface area contributed by atoms with E-state index < -0.39 is 24.1 Å². The van der Waals surface area contributed by atoms with Crippen molar-refractivity contribution in [3.63, 3.8) is 0 Å². The molecule has 0 aliphatic rings. The second kappa shape index (κ2) is 7.54. The lowest BCUT2D eigenvalue weighted by Gasteiger charge is -2.13. The van der Waals surface area contributed by atoms with E-state index in [0.29, 0.717) is 23.0 Å². The van der Waals surface area contributed by atoms with Gasteiger partial charge < -0.3 is 15.4 Å². The number of hydrogen-bond donors (Lipinski definition) is 2. The summed E-state index contributed by atoms with van der Waals surface area (Å²) in [6.07, 6.45) is 0. The summed E-state index contributed by atoms with van der Waals surface area (Å²) >= 11 is 0. The maximum atomic E-state index is 13.4. The third-order valence-electron chi connectivity index (χ3n) is 3.17. The van der Waals surface area contributed by atoms with Crippen LogP contribution in [0, 0.1) is 18.6 Å². The van der Waals surface area contributed by atoms with Crippen LogP contribution < -0.4 is 15.4 Å². The van der Waals surface area contributed by atoms with Crippen molar-refractivity contribution in [2.45, 2.75) is 13.8 Å². The molecule has 0 saturated heterocycles. The first-order chi connectivity index (χ1) is 11.4. The fourth-order valence-electron chi connectivity index (χ4n) is 2.02. The van der Waals surface area contributed by atoms with E-state index >= 15 is 0 Å². The molecule has 5 nitrogen and oxygen atoms in total. The molecule has 0 bridgehead atoms. The summed E-state index contributed by atoms with van der Waals surface area (Å²) < 4.78 is 31.3. The molecule has 0 atom stereocenters. The molecule has 24 heavy (non-hydrogen) atoms. The molecule has 0 heterocycles. The van der Waals surface area contributed by atoms with Crippen LogP contribution in [0.25, 0.3) is 0 Å². The number of benzene rings is 2. The summed E-state index contributed by atoms with van der Waals surface area (Å²) in [6.45, 7) is 2.68. The van der Waals surface area contributed by atoms with Gasteiger partial charge in [-0.25, -0.2) is 8.78 Å². The Kier molecular flexibility index (Phi) is 5.47. The highest BCUT2D eigenvalue weighted by Gasteiger charge is 2.11. The minimum Gasteiger partial charge on any atom is -0.481 e. The molecule has 0 aromatic heterocycles. The molecule has 0 radical (unpaired) electrons. The monoisotopic (exact) mass is 334 g/mol. The van der Waals surface area contributed by atoms with Crippen molar-refractivity contribution in [3.8, 4) is 5.75 Å². The lowest BCUT2D eigenvalue weighted by Crippen LogP contribution is -2.21. The minimum absolute atomic E-state index is 0.213. The van der Waals surface area contributed by atoms with Crippen molar-refractivity contribution < 1.29 is 23.1 Å². The Labute approximate surface area is 137 Å². The normalized spacial score (nSPS) is 10.2. The number of carbonyl (C=O) groups excluding carboxylic acids is 2. The molecule has 126 valence electrons. The lowest BCUT2D eigenvalue weighted by molar-refractivity contribution is -0.118. The molecule has 0 fully saturated rings. The first-order valence-corrected chi connectivity index (χ1v) is 7.11. The number of carbonyl (C=O) groups is 2. The predicted octanol–water partition coefficient (Wildman–Crippen LogP) is 3.25. The maximum Gasteiger partial charge on any atom is 0.262 e. The molecule has 0 unspecified atom stereocenters. The van der Waals surface area contributed by atoms with Gasteiger partial charge in [-0.1, -0.05) is 6.07 Å². The molecule has 2 rings (SSSR count). The third kappa shape index (κ3) is 4.52. The van der Waals surface area contributed by atoms with E-state index in [1.807, 2.05) is 0 Å². The van der Waals surface area contributed by atoms with Gasteiger partial charge in [0.25, 0.3) is 5.91 Å². The molecule has 0 saturated carbocycles. The van der Waals surface area contributed by atoms with E-state index in [9.17, 15) is 18.4 Å². The second-order valence-electron chi connectivity index (χ2n) is 5.07. The van der Waals surface area contributed by atoms with E-state index in [1.54, 1.807) is 25.1 Å². The Balaban J connectivity index is 2.01. The van der Waals surface area contributed by atoms with Gasteiger partial charge in [-0.3, -0.25) is 9.59 Å². The van der Waals surface area contributed by atoms with Gasteiger partial charge in [0, 0.05) is 24.4 Å². The van der Waals surface area contributed by atoms with Crippen LogP contribution in [0.15, 0.2) is 36.4 Å². The SMILES string of the molecule is CC(=O)Nc1cccc(NC(=O)COc2ccc(F)cc2F)c1C. The van der Waals surface area contributed by atoms with Gasteiger partial charge in [-0.15, -0.1) is 0 Å². The van der Waals surface area contributed by atoms with E-state index in [0.717, 1.165) is 12.1 Å². The fraction of sp³-hybridized carbons (Fsp3) is 0.176. The Morgan fingerprint density at radius 2 is 1.75 bits per heavy atom. The molecular weight excluding hydrogens is 318 g/mol. The van der Waals surface area contributed by atoms with Gasteiger partial charge >= 0.3 is 0 Å². The number of rotatable bonds is 5. The van der Waals surface area contributed by atoms with Crippen LogP contribution in [0.1, 0.15) is 12.5 Å². The molecule has 0 aliphatic heterocycles. The van der Waals surface area contributed by atoms with Gasteiger partial charge in [-0.05, 0) is 36.8 Å². The van der Waals surface area contributed by atoms with Gasteiger partial charge in [0.05, 0.1) is 0 Å². The standard InChI is InChI=1S/C17H16F2N2O3/c1-10-14(20-11(2)22)4-3-5-15(10)21-17(23)9-24-16-7-6-12(18)8-13(16)19/h3-8H,9H2,1-2H3,(H,20,22)(H,21,23). The highest BCUT2D eigenvalue weighted by Crippen LogP contribution is 2.23. The largest absolute Gasteiger partial charge is 0.481 e.